The van der Waals surface area contributed by atoms with Crippen molar-refractivity contribution in [2.75, 3.05) is 33.3 Å². The second kappa shape index (κ2) is 7.43. The average Bonchev–Trinajstić information content (AvgIpc) is 3.30. The molecule has 5 heteroatoms. The molecule has 21 heavy (non-hydrogen) atoms. The summed E-state index contributed by atoms with van der Waals surface area (Å²) in [4.78, 5) is 2.42. The van der Waals surface area contributed by atoms with Gasteiger partial charge in [0.25, 0.3) is 0 Å². The maximum atomic E-state index is 14.6. The summed E-state index contributed by atoms with van der Waals surface area (Å²) >= 11 is 0. The number of benzene rings is 1. The number of hydrogen-bond acceptors (Lipinski definition) is 3. The molecule has 3 rings (SSSR count). The van der Waals surface area contributed by atoms with Crippen molar-refractivity contribution in [2.24, 2.45) is 5.92 Å². The van der Waals surface area contributed by atoms with E-state index in [0.29, 0.717) is 5.75 Å². The number of methoxy groups -OCH3 is 1. The molecular weight excluding hydrogens is 291 g/mol. The molecule has 1 aliphatic carbocycles. The van der Waals surface area contributed by atoms with Crippen LogP contribution in [0, 0.1) is 11.7 Å². The molecule has 1 atom stereocenters. The van der Waals surface area contributed by atoms with Crippen molar-refractivity contribution in [2.45, 2.75) is 25.3 Å². The lowest BCUT2D eigenvalue weighted by atomic mass is 9.97. The summed E-state index contributed by atoms with van der Waals surface area (Å²) in [6.07, 6.45) is 3.67. The zero-order valence-electron chi connectivity index (χ0n) is 12.5. The third kappa shape index (κ3) is 3.87. The Bertz CT molecular complexity index is 462. The van der Waals surface area contributed by atoms with Crippen molar-refractivity contribution in [3.05, 3.63) is 29.6 Å². The molecule has 0 radical (unpaired) electrons. The van der Waals surface area contributed by atoms with E-state index in [9.17, 15) is 4.39 Å². The van der Waals surface area contributed by atoms with E-state index in [2.05, 4.69) is 10.2 Å². The Balaban J connectivity index is 0.00000161. The fourth-order valence-electron chi connectivity index (χ4n) is 3.08. The highest BCUT2D eigenvalue weighted by atomic mass is 35.5. The molecule has 1 saturated heterocycles. The molecule has 1 heterocycles. The standard InChI is InChI=1S/C16H23FN2O.ClH/c1-20-15-4-2-3-13(16(15)17)14(11-12-5-6-12)19-9-7-18-8-10-19;/h2-4,12,14,18H,5-11H2,1H3;1H/t14-;/m0./s1. The van der Waals surface area contributed by atoms with Crippen LogP contribution in [-0.2, 0) is 0 Å². The van der Waals surface area contributed by atoms with E-state index < -0.39 is 0 Å². The highest BCUT2D eigenvalue weighted by molar-refractivity contribution is 5.85. The summed E-state index contributed by atoms with van der Waals surface area (Å²) in [6, 6.07) is 5.72. The Labute approximate surface area is 132 Å². The lowest BCUT2D eigenvalue weighted by molar-refractivity contribution is 0.156. The van der Waals surface area contributed by atoms with E-state index in [1.165, 1.54) is 20.0 Å². The van der Waals surface area contributed by atoms with Crippen molar-refractivity contribution < 1.29 is 9.13 Å². The van der Waals surface area contributed by atoms with Crippen molar-refractivity contribution >= 4 is 12.4 Å². The van der Waals surface area contributed by atoms with Gasteiger partial charge in [0.05, 0.1) is 7.11 Å². The van der Waals surface area contributed by atoms with Crippen LogP contribution in [0.2, 0.25) is 0 Å². The Morgan fingerprint density at radius 2 is 2.05 bits per heavy atom. The summed E-state index contributed by atoms with van der Waals surface area (Å²) in [5.41, 5.74) is 0.804. The Morgan fingerprint density at radius 3 is 2.67 bits per heavy atom. The number of piperazine rings is 1. The second-order valence-corrected chi connectivity index (χ2v) is 5.84. The molecule has 1 aromatic carbocycles. The lowest BCUT2D eigenvalue weighted by Crippen LogP contribution is -2.45. The van der Waals surface area contributed by atoms with Gasteiger partial charge in [-0.15, -0.1) is 12.4 Å². The van der Waals surface area contributed by atoms with Gasteiger partial charge in [-0.25, -0.2) is 4.39 Å². The van der Waals surface area contributed by atoms with Crippen molar-refractivity contribution in [1.82, 2.24) is 10.2 Å². The maximum absolute atomic E-state index is 14.6. The van der Waals surface area contributed by atoms with E-state index in [-0.39, 0.29) is 24.3 Å². The minimum atomic E-state index is -0.181. The summed E-state index contributed by atoms with van der Waals surface area (Å²) < 4.78 is 19.7. The maximum Gasteiger partial charge on any atom is 0.169 e. The Morgan fingerprint density at radius 1 is 1.33 bits per heavy atom. The summed E-state index contributed by atoms with van der Waals surface area (Å²) in [7, 11) is 1.53. The fraction of sp³-hybridized carbons (Fsp3) is 0.625. The zero-order chi connectivity index (χ0) is 13.9. The van der Waals surface area contributed by atoms with Crippen LogP contribution in [0.4, 0.5) is 4.39 Å². The molecule has 1 aliphatic heterocycles. The number of halogens is 2. The Kier molecular flexibility index (Phi) is 5.85. The van der Waals surface area contributed by atoms with Gasteiger partial charge in [-0.3, -0.25) is 4.90 Å². The van der Waals surface area contributed by atoms with Crippen LogP contribution >= 0.6 is 12.4 Å². The predicted octanol–water partition coefficient (Wildman–Crippen LogP) is 3.00. The summed E-state index contributed by atoms with van der Waals surface area (Å²) in [5.74, 6) is 0.957. The molecule has 2 aliphatic rings. The number of hydrogen-bond donors (Lipinski definition) is 1. The molecule has 3 nitrogen and oxygen atoms in total. The van der Waals surface area contributed by atoms with Crippen LogP contribution in [0.1, 0.15) is 30.9 Å². The van der Waals surface area contributed by atoms with Crippen molar-refractivity contribution in [3.63, 3.8) is 0 Å². The van der Waals surface area contributed by atoms with Gasteiger partial charge in [0.15, 0.2) is 11.6 Å². The van der Waals surface area contributed by atoms with Gasteiger partial charge in [0.2, 0.25) is 0 Å². The van der Waals surface area contributed by atoms with E-state index in [0.717, 1.165) is 44.1 Å². The molecule has 1 aromatic rings. The largest absolute Gasteiger partial charge is 0.494 e. The molecule has 0 bridgehead atoms. The molecule has 0 unspecified atom stereocenters. The predicted molar refractivity (Wildman–Crippen MR) is 84.7 cm³/mol. The lowest BCUT2D eigenvalue weighted by Gasteiger charge is -2.35. The quantitative estimate of drug-likeness (QED) is 0.904. The van der Waals surface area contributed by atoms with Gasteiger partial charge in [-0.1, -0.05) is 25.0 Å². The summed E-state index contributed by atoms with van der Waals surface area (Å²) in [5, 5.41) is 3.37. The van der Waals surface area contributed by atoms with Crippen LogP contribution in [0.25, 0.3) is 0 Å². The first-order chi connectivity index (χ1) is 9.79. The van der Waals surface area contributed by atoms with Crippen LogP contribution < -0.4 is 10.1 Å². The van der Waals surface area contributed by atoms with Gasteiger partial charge in [-0.2, -0.15) is 0 Å². The number of rotatable bonds is 5. The summed E-state index contributed by atoms with van der Waals surface area (Å²) in [6.45, 7) is 3.97. The van der Waals surface area contributed by atoms with E-state index in [1.54, 1.807) is 6.07 Å². The smallest absolute Gasteiger partial charge is 0.169 e. The topological polar surface area (TPSA) is 24.5 Å². The number of nitrogens with one attached hydrogen (secondary N) is 1. The third-order valence-corrected chi connectivity index (χ3v) is 4.42. The van der Waals surface area contributed by atoms with Gasteiger partial charge >= 0.3 is 0 Å². The first kappa shape index (κ1) is 16.5. The van der Waals surface area contributed by atoms with Crippen LogP contribution in [0.5, 0.6) is 5.75 Å². The molecule has 118 valence electrons. The second-order valence-electron chi connectivity index (χ2n) is 5.84. The van der Waals surface area contributed by atoms with Crippen LogP contribution in [0.3, 0.4) is 0 Å². The van der Waals surface area contributed by atoms with E-state index >= 15 is 0 Å². The van der Waals surface area contributed by atoms with Crippen molar-refractivity contribution in [3.8, 4) is 5.75 Å². The van der Waals surface area contributed by atoms with Crippen LogP contribution in [0.15, 0.2) is 18.2 Å². The first-order valence-electron chi connectivity index (χ1n) is 7.56. The minimum absolute atomic E-state index is 0. The Hall–Kier alpha value is -0.840. The minimum Gasteiger partial charge on any atom is -0.494 e. The van der Waals surface area contributed by atoms with Gasteiger partial charge in [0, 0.05) is 37.8 Å². The highest BCUT2D eigenvalue weighted by Gasteiger charge is 2.32. The van der Waals surface area contributed by atoms with Gasteiger partial charge in [0.1, 0.15) is 0 Å². The van der Waals surface area contributed by atoms with Crippen LogP contribution in [-0.4, -0.2) is 38.2 Å². The molecule has 2 fully saturated rings. The van der Waals surface area contributed by atoms with E-state index in [4.69, 9.17) is 4.74 Å². The van der Waals surface area contributed by atoms with Crippen molar-refractivity contribution in [1.29, 1.82) is 0 Å². The number of ether oxygens (including phenoxy) is 1. The molecule has 0 aromatic heterocycles. The molecule has 1 N–H and O–H groups in total. The zero-order valence-corrected chi connectivity index (χ0v) is 13.3. The molecule has 1 saturated carbocycles. The number of nitrogens with zero attached hydrogens (tertiary/aromatic N) is 1. The third-order valence-electron chi connectivity index (χ3n) is 4.42. The molecule has 0 spiro atoms. The first-order valence-corrected chi connectivity index (χ1v) is 7.56. The highest BCUT2D eigenvalue weighted by Crippen LogP contribution is 2.41. The van der Waals surface area contributed by atoms with Gasteiger partial charge in [-0.05, 0) is 18.4 Å². The monoisotopic (exact) mass is 314 g/mol. The molecular formula is C16H24ClFN2O. The van der Waals surface area contributed by atoms with Gasteiger partial charge < -0.3 is 10.1 Å². The SMILES string of the molecule is COc1cccc([C@H](CC2CC2)N2CCNCC2)c1F.Cl. The molecule has 0 amide bonds. The average molecular weight is 315 g/mol. The normalized spacial score (nSPS) is 20.7. The fourth-order valence-corrected chi connectivity index (χ4v) is 3.08. The van der Waals surface area contributed by atoms with E-state index in [1.807, 2.05) is 12.1 Å².